The van der Waals surface area contributed by atoms with Crippen LogP contribution in [0.1, 0.15) is 69.0 Å². The van der Waals surface area contributed by atoms with Crippen molar-refractivity contribution < 1.29 is 23.2 Å². The zero-order chi connectivity index (χ0) is 28.5. The van der Waals surface area contributed by atoms with Crippen molar-refractivity contribution in [1.82, 2.24) is 14.7 Å². The minimum Gasteiger partial charge on any atom is -0.330 e. The minimum atomic E-state index is -3.47. The molecular formula is C28H35Cl2N3O5S. The van der Waals surface area contributed by atoms with Gasteiger partial charge in [-0.25, -0.2) is 18.2 Å². The number of amides is 2. The van der Waals surface area contributed by atoms with Crippen LogP contribution in [-0.4, -0.2) is 59.5 Å². The van der Waals surface area contributed by atoms with E-state index in [4.69, 9.17) is 23.2 Å². The molecular weight excluding hydrogens is 561 g/mol. The number of likely N-dealkylation sites (N-methyl/N-ethyl adjacent to an activating group) is 1. The van der Waals surface area contributed by atoms with Gasteiger partial charge >= 0.3 is 0 Å². The number of nitrogens with one attached hydrogen (secondary N) is 1. The molecule has 0 bridgehead atoms. The zero-order valence-electron chi connectivity index (χ0n) is 22.3. The van der Waals surface area contributed by atoms with Gasteiger partial charge in [-0.3, -0.25) is 14.8 Å². The second-order valence-electron chi connectivity index (χ2n) is 10.9. The zero-order valence-corrected chi connectivity index (χ0v) is 24.6. The number of nitrogens with zero attached hydrogens (tertiary/aromatic N) is 2. The SMILES string of the molecule is CCC(CN(C)S(=O)(=O)C1CC1)N1C(=O)C(C)(CC(=O)NO)CC(c2cccc(Cl)c2)C1c1ccc(Cl)cc1. The highest BCUT2D eigenvalue weighted by Crippen LogP contribution is 2.52. The first-order valence-electron chi connectivity index (χ1n) is 13.1. The lowest BCUT2D eigenvalue weighted by Gasteiger charge is -2.52. The number of carbonyl (C=O) groups is 2. The molecule has 1 aliphatic heterocycles. The van der Waals surface area contributed by atoms with Crippen molar-refractivity contribution in [1.29, 1.82) is 0 Å². The lowest BCUT2D eigenvalue weighted by Crippen LogP contribution is -2.58. The Morgan fingerprint density at radius 1 is 1.15 bits per heavy atom. The molecule has 2 aliphatic rings. The first-order valence-corrected chi connectivity index (χ1v) is 15.4. The molecule has 1 saturated carbocycles. The minimum absolute atomic E-state index is 0.121. The van der Waals surface area contributed by atoms with E-state index in [0.29, 0.717) is 35.7 Å². The van der Waals surface area contributed by atoms with Crippen LogP contribution in [0.3, 0.4) is 0 Å². The van der Waals surface area contributed by atoms with Gasteiger partial charge < -0.3 is 4.90 Å². The van der Waals surface area contributed by atoms with Gasteiger partial charge in [-0.15, -0.1) is 0 Å². The Morgan fingerprint density at radius 2 is 1.82 bits per heavy atom. The van der Waals surface area contributed by atoms with Gasteiger partial charge in [0.05, 0.1) is 16.7 Å². The fraction of sp³-hybridized carbons (Fsp3) is 0.500. The van der Waals surface area contributed by atoms with Gasteiger partial charge in [0, 0.05) is 42.0 Å². The summed E-state index contributed by atoms with van der Waals surface area (Å²) in [5.74, 6) is -1.21. The van der Waals surface area contributed by atoms with E-state index in [1.54, 1.807) is 42.6 Å². The highest BCUT2D eigenvalue weighted by molar-refractivity contribution is 7.90. The predicted octanol–water partition coefficient (Wildman–Crippen LogP) is 5.16. The van der Waals surface area contributed by atoms with Crippen molar-refractivity contribution in [2.24, 2.45) is 5.41 Å². The lowest BCUT2D eigenvalue weighted by molar-refractivity contribution is -0.158. The van der Waals surface area contributed by atoms with Crippen LogP contribution in [0.25, 0.3) is 0 Å². The van der Waals surface area contributed by atoms with Crippen LogP contribution in [0.2, 0.25) is 10.0 Å². The second-order valence-corrected chi connectivity index (χ2v) is 14.1. The fourth-order valence-corrected chi connectivity index (χ4v) is 7.72. The number of halogens is 2. The average molecular weight is 597 g/mol. The third-order valence-corrected chi connectivity index (χ3v) is 10.8. The number of hydrogen-bond acceptors (Lipinski definition) is 5. The first-order chi connectivity index (χ1) is 18.4. The van der Waals surface area contributed by atoms with Crippen LogP contribution in [0.15, 0.2) is 48.5 Å². The standard InChI is InChI=1S/C28H35Cl2N3O5S/c1-4-22(17-32(3)39(37,38)23-12-13-23)33-26(18-8-10-20(29)11-9-18)24(19-6-5-7-21(30)14-19)15-28(2,27(33)35)16-25(34)31-36/h5-11,14,22-24,26,36H,4,12-13,15-17H2,1-3H3,(H,31,34). The number of sulfonamides is 1. The van der Waals surface area contributed by atoms with Gasteiger partial charge in [0.15, 0.2) is 0 Å². The van der Waals surface area contributed by atoms with Crippen LogP contribution in [0.4, 0.5) is 0 Å². The first kappa shape index (κ1) is 29.8. The highest BCUT2D eigenvalue weighted by Gasteiger charge is 2.52. The van der Waals surface area contributed by atoms with Gasteiger partial charge in [0.2, 0.25) is 21.8 Å². The number of likely N-dealkylation sites (tertiary alicyclic amines) is 1. The molecule has 4 atom stereocenters. The molecule has 4 rings (SSSR count). The third kappa shape index (κ3) is 6.28. The fourth-order valence-electron chi connectivity index (χ4n) is 5.78. The Morgan fingerprint density at radius 3 is 2.38 bits per heavy atom. The van der Waals surface area contributed by atoms with Crippen LogP contribution in [0, 0.1) is 5.41 Å². The maximum Gasteiger partial charge on any atom is 0.244 e. The third-order valence-electron chi connectivity index (χ3n) is 7.98. The summed E-state index contributed by atoms with van der Waals surface area (Å²) in [6.45, 7) is 3.77. The average Bonchev–Trinajstić information content (AvgIpc) is 3.75. The van der Waals surface area contributed by atoms with E-state index in [9.17, 15) is 23.2 Å². The van der Waals surface area contributed by atoms with Crippen LogP contribution < -0.4 is 5.48 Å². The molecule has 1 saturated heterocycles. The van der Waals surface area contributed by atoms with Gasteiger partial charge in [0.1, 0.15) is 0 Å². The lowest BCUT2D eigenvalue weighted by atomic mass is 9.67. The number of piperidine rings is 1. The van der Waals surface area contributed by atoms with E-state index in [-0.39, 0.29) is 30.0 Å². The maximum absolute atomic E-state index is 14.4. The van der Waals surface area contributed by atoms with E-state index in [1.165, 1.54) is 4.31 Å². The monoisotopic (exact) mass is 595 g/mol. The topological polar surface area (TPSA) is 107 Å². The predicted molar refractivity (Wildman–Crippen MR) is 151 cm³/mol. The molecule has 2 N–H and O–H groups in total. The molecule has 2 aromatic carbocycles. The summed E-state index contributed by atoms with van der Waals surface area (Å²) in [5.41, 5.74) is 2.24. The van der Waals surface area contributed by atoms with Gasteiger partial charge in [0.25, 0.3) is 0 Å². The van der Waals surface area contributed by atoms with Crippen molar-refractivity contribution >= 4 is 45.0 Å². The van der Waals surface area contributed by atoms with Gasteiger partial charge in [-0.2, -0.15) is 0 Å². The summed E-state index contributed by atoms with van der Waals surface area (Å²) in [4.78, 5) is 28.6. The van der Waals surface area contributed by atoms with E-state index < -0.39 is 33.4 Å². The summed E-state index contributed by atoms with van der Waals surface area (Å²) in [5, 5.41) is 10.0. The van der Waals surface area contributed by atoms with E-state index in [1.807, 2.05) is 37.3 Å². The molecule has 39 heavy (non-hydrogen) atoms. The maximum atomic E-state index is 14.4. The summed E-state index contributed by atoms with van der Waals surface area (Å²) >= 11 is 12.6. The molecule has 1 aliphatic carbocycles. The van der Waals surface area contributed by atoms with E-state index in [0.717, 1.165) is 11.1 Å². The summed E-state index contributed by atoms with van der Waals surface area (Å²) in [7, 11) is -1.91. The molecule has 2 fully saturated rings. The number of benzene rings is 2. The molecule has 0 spiro atoms. The van der Waals surface area contributed by atoms with Crippen LogP contribution >= 0.6 is 23.2 Å². The normalized spacial score (nSPS) is 24.6. The quantitative estimate of drug-likeness (QED) is 0.291. The van der Waals surface area contributed by atoms with Crippen LogP contribution in [0.5, 0.6) is 0 Å². The molecule has 2 amide bonds. The highest BCUT2D eigenvalue weighted by atomic mass is 35.5. The summed E-state index contributed by atoms with van der Waals surface area (Å²) in [6.07, 6.45) is 1.87. The number of hydrogen-bond donors (Lipinski definition) is 2. The Kier molecular flexibility index (Phi) is 8.98. The molecule has 1 heterocycles. The molecule has 4 unspecified atom stereocenters. The summed E-state index contributed by atoms with van der Waals surface area (Å²) < 4.78 is 27.5. The molecule has 212 valence electrons. The Labute approximate surface area is 240 Å². The van der Waals surface area contributed by atoms with Gasteiger partial charge in [-0.05, 0) is 61.1 Å². The molecule has 0 radical (unpaired) electrons. The molecule has 11 heteroatoms. The molecule has 8 nitrogen and oxygen atoms in total. The van der Waals surface area contributed by atoms with Gasteiger partial charge in [-0.1, -0.05) is 61.3 Å². The van der Waals surface area contributed by atoms with E-state index >= 15 is 0 Å². The Balaban J connectivity index is 1.86. The van der Waals surface area contributed by atoms with Crippen molar-refractivity contribution in [3.63, 3.8) is 0 Å². The number of carbonyl (C=O) groups excluding carboxylic acids is 2. The molecule has 0 aromatic heterocycles. The summed E-state index contributed by atoms with van der Waals surface area (Å²) in [6, 6.07) is 13.8. The number of hydroxylamine groups is 1. The molecule has 2 aromatic rings. The largest absolute Gasteiger partial charge is 0.330 e. The van der Waals surface area contributed by atoms with Crippen molar-refractivity contribution in [2.45, 2.75) is 69.2 Å². The van der Waals surface area contributed by atoms with E-state index in [2.05, 4.69) is 0 Å². The smallest absolute Gasteiger partial charge is 0.244 e. The number of rotatable bonds is 10. The Hall–Kier alpha value is -2.17. The second kappa shape index (κ2) is 11.7. The van der Waals surface area contributed by atoms with Crippen LogP contribution in [-0.2, 0) is 19.6 Å². The van der Waals surface area contributed by atoms with Crippen molar-refractivity contribution in [3.8, 4) is 0 Å². The Bertz CT molecular complexity index is 1320. The van der Waals surface area contributed by atoms with Crippen molar-refractivity contribution in [3.05, 3.63) is 69.7 Å². The van der Waals surface area contributed by atoms with Crippen molar-refractivity contribution in [2.75, 3.05) is 13.6 Å².